The zero-order valence-electron chi connectivity index (χ0n) is 16.7. The molecule has 0 atom stereocenters. The lowest BCUT2D eigenvalue weighted by Gasteiger charge is -2.15. The topological polar surface area (TPSA) is 58.2 Å². The summed E-state index contributed by atoms with van der Waals surface area (Å²) in [7, 11) is 0. The van der Waals surface area contributed by atoms with E-state index in [4.69, 9.17) is 27.9 Å². The summed E-state index contributed by atoms with van der Waals surface area (Å²) < 4.78 is 43.0. The van der Waals surface area contributed by atoms with Crippen molar-refractivity contribution in [3.63, 3.8) is 0 Å². The zero-order valence-corrected chi connectivity index (χ0v) is 18.2. The number of nitrogens with zero attached hydrogens (tertiary/aromatic N) is 2. The summed E-state index contributed by atoms with van der Waals surface area (Å²) in [4.78, 5) is 13.9. The number of hydrogen-bond donors (Lipinski definition) is 1. The van der Waals surface area contributed by atoms with Crippen molar-refractivity contribution >= 4 is 29.1 Å². The van der Waals surface area contributed by atoms with E-state index in [-0.39, 0.29) is 32.0 Å². The van der Waals surface area contributed by atoms with Gasteiger partial charge in [0, 0.05) is 42.4 Å². The van der Waals surface area contributed by atoms with E-state index in [1.165, 1.54) is 4.90 Å². The Balaban J connectivity index is 1.41. The molecule has 0 unspecified atom stereocenters. The first-order valence-corrected chi connectivity index (χ1v) is 10.6. The van der Waals surface area contributed by atoms with E-state index in [0.717, 1.165) is 16.7 Å². The molecule has 5 nitrogen and oxygen atoms in total. The van der Waals surface area contributed by atoms with E-state index >= 15 is 0 Å². The van der Waals surface area contributed by atoms with Crippen molar-refractivity contribution < 1.29 is 22.7 Å². The number of ether oxygens (including phenoxy) is 1. The molecular formula is C22H18Cl2F3N3O2. The van der Waals surface area contributed by atoms with E-state index in [2.05, 4.69) is 10.2 Å². The van der Waals surface area contributed by atoms with Crippen molar-refractivity contribution in [3.8, 4) is 17.0 Å². The van der Waals surface area contributed by atoms with Crippen molar-refractivity contribution in [2.24, 2.45) is 0 Å². The predicted octanol–water partition coefficient (Wildman–Crippen LogP) is 6.26. The highest BCUT2D eigenvalue weighted by molar-refractivity contribution is 6.42. The van der Waals surface area contributed by atoms with Crippen LogP contribution in [0.3, 0.4) is 0 Å². The number of benzene rings is 2. The predicted molar refractivity (Wildman–Crippen MR) is 115 cm³/mol. The molecule has 0 spiro atoms. The minimum atomic E-state index is -4.22. The minimum absolute atomic E-state index is 0.0608. The summed E-state index contributed by atoms with van der Waals surface area (Å²) in [5.41, 5.74) is 3.48. The van der Waals surface area contributed by atoms with Crippen LogP contribution in [0.4, 0.5) is 13.2 Å². The molecule has 1 amide bonds. The van der Waals surface area contributed by atoms with E-state index < -0.39 is 12.6 Å². The van der Waals surface area contributed by atoms with Gasteiger partial charge in [-0.2, -0.15) is 18.3 Å². The smallest absolute Gasteiger partial charge is 0.389 e. The molecule has 10 heteroatoms. The fourth-order valence-electron chi connectivity index (χ4n) is 3.58. The lowest BCUT2D eigenvalue weighted by Crippen LogP contribution is -2.26. The Morgan fingerprint density at radius 2 is 1.94 bits per heavy atom. The molecule has 1 N–H and O–H groups in total. The average Bonchev–Trinajstić information content (AvgIpc) is 3.32. The van der Waals surface area contributed by atoms with Crippen LogP contribution in [0.5, 0.6) is 5.75 Å². The Bertz CT molecular complexity index is 1150. The van der Waals surface area contributed by atoms with Crippen LogP contribution >= 0.6 is 23.2 Å². The number of fused-ring (bicyclic) bond motifs is 1. The van der Waals surface area contributed by atoms with Crippen LogP contribution in [0.25, 0.3) is 11.3 Å². The van der Waals surface area contributed by atoms with Gasteiger partial charge in [-0.25, -0.2) is 0 Å². The molecule has 32 heavy (non-hydrogen) atoms. The quantitative estimate of drug-likeness (QED) is 0.431. The maximum Gasteiger partial charge on any atom is 0.389 e. The Hall–Kier alpha value is -2.71. The van der Waals surface area contributed by atoms with E-state index in [9.17, 15) is 18.0 Å². The molecule has 0 bridgehead atoms. The summed E-state index contributed by atoms with van der Waals surface area (Å²) in [6.07, 6.45) is -3.53. The Kier molecular flexibility index (Phi) is 6.35. The van der Waals surface area contributed by atoms with Gasteiger partial charge in [0.05, 0.1) is 15.7 Å². The molecule has 2 aromatic carbocycles. The van der Waals surface area contributed by atoms with Crippen LogP contribution in [-0.2, 0) is 13.2 Å². The highest BCUT2D eigenvalue weighted by atomic mass is 35.5. The minimum Gasteiger partial charge on any atom is -0.489 e. The fourth-order valence-corrected chi connectivity index (χ4v) is 3.88. The van der Waals surface area contributed by atoms with Gasteiger partial charge < -0.3 is 9.64 Å². The van der Waals surface area contributed by atoms with Crippen molar-refractivity contribution in [1.29, 1.82) is 0 Å². The molecule has 0 saturated carbocycles. The van der Waals surface area contributed by atoms with Crippen LogP contribution in [-0.4, -0.2) is 33.7 Å². The number of alkyl halides is 3. The molecule has 0 fully saturated rings. The van der Waals surface area contributed by atoms with Gasteiger partial charge in [-0.15, -0.1) is 0 Å². The van der Waals surface area contributed by atoms with Gasteiger partial charge in [0.15, 0.2) is 0 Å². The molecule has 0 aliphatic carbocycles. The third-order valence-electron chi connectivity index (χ3n) is 5.15. The molecule has 0 saturated heterocycles. The van der Waals surface area contributed by atoms with Crippen LogP contribution in [0, 0.1) is 0 Å². The fraction of sp³-hybridized carbons (Fsp3) is 0.273. The largest absolute Gasteiger partial charge is 0.489 e. The summed E-state index contributed by atoms with van der Waals surface area (Å²) in [6, 6.07) is 10.3. The Labute approximate surface area is 192 Å². The van der Waals surface area contributed by atoms with Crippen LogP contribution in [0.2, 0.25) is 10.0 Å². The second-order valence-corrected chi connectivity index (χ2v) is 8.26. The first-order chi connectivity index (χ1) is 15.2. The molecule has 1 aliphatic heterocycles. The molecule has 2 heterocycles. The monoisotopic (exact) mass is 483 g/mol. The third kappa shape index (κ3) is 5.02. The maximum absolute atomic E-state index is 12.4. The normalized spacial score (nSPS) is 13.5. The molecule has 1 aromatic heterocycles. The third-order valence-corrected chi connectivity index (χ3v) is 5.89. The van der Waals surface area contributed by atoms with Gasteiger partial charge in [-0.05, 0) is 42.3 Å². The van der Waals surface area contributed by atoms with Crippen LogP contribution in [0.1, 0.15) is 34.3 Å². The SMILES string of the molecule is O=C1c2ccc(OCc3c[nH]nc3-c3ccc(Cl)c(Cl)c3)cc2CN1CCCC(F)(F)F. The van der Waals surface area contributed by atoms with Gasteiger partial charge >= 0.3 is 6.18 Å². The molecule has 0 radical (unpaired) electrons. The number of halogens is 5. The van der Waals surface area contributed by atoms with Gasteiger partial charge in [0.2, 0.25) is 0 Å². The number of aromatic amines is 1. The summed E-state index contributed by atoms with van der Waals surface area (Å²) >= 11 is 12.1. The molecule has 4 rings (SSSR count). The van der Waals surface area contributed by atoms with E-state index in [0.29, 0.717) is 27.1 Å². The van der Waals surface area contributed by atoms with Crippen LogP contribution < -0.4 is 4.74 Å². The number of carbonyl (C=O) groups excluding carboxylic acids is 1. The number of nitrogens with one attached hydrogen (secondary N) is 1. The molecule has 3 aromatic rings. The summed E-state index contributed by atoms with van der Waals surface area (Å²) in [5, 5.41) is 7.93. The standard InChI is InChI=1S/C22H18Cl2F3N3O2/c23-18-5-2-13(9-19(18)24)20-15(10-28-29-20)12-32-16-3-4-17-14(8-16)11-30(21(17)31)7-1-6-22(25,26)27/h2-5,8-10H,1,6-7,11-12H2,(H,28,29). The summed E-state index contributed by atoms with van der Waals surface area (Å²) in [6.45, 7) is 0.544. The second-order valence-electron chi connectivity index (χ2n) is 7.44. The van der Waals surface area contributed by atoms with Crippen LogP contribution in [0.15, 0.2) is 42.6 Å². The summed E-state index contributed by atoms with van der Waals surface area (Å²) in [5.74, 6) is 0.292. The first kappa shape index (κ1) is 22.5. The number of hydrogen-bond acceptors (Lipinski definition) is 3. The number of amides is 1. The van der Waals surface area contributed by atoms with Gasteiger partial charge in [0.1, 0.15) is 12.4 Å². The van der Waals surface area contributed by atoms with Gasteiger partial charge in [0.25, 0.3) is 5.91 Å². The number of H-pyrrole nitrogens is 1. The number of carbonyl (C=O) groups is 1. The average molecular weight is 484 g/mol. The second kappa shape index (κ2) is 9.03. The molecular weight excluding hydrogens is 466 g/mol. The Morgan fingerprint density at radius 3 is 2.69 bits per heavy atom. The lowest BCUT2D eigenvalue weighted by molar-refractivity contribution is -0.136. The van der Waals surface area contributed by atoms with Gasteiger partial charge in [-0.3, -0.25) is 9.89 Å². The van der Waals surface area contributed by atoms with Crippen molar-refractivity contribution in [2.75, 3.05) is 6.54 Å². The lowest BCUT2D eigenvalue weighted by atomic mass is 10.1. The number of rotatable bonds is 7. The molecule has 168 valence electrons. The maximum atomic E-state index is 12.4. The van der Waals surface area contributed by atoms with E-state index in [1.54, 1.807) is 36.5 Å². The highest BCUT2D eigenvalue weighted by Gasteiger charge is 2.30. The van der Waals surface area contributed by atoms with Crippen molar-refractivity contribution in [1.82, 2.24) is 15.1 Å². The van der Waals surface area contributed by atoms with Crippen molar-refractivity contribution in [3.05, 3.63) is 69.3 Å². The van der Waals surface area contributed by atoms with Crippen molar-refractivity contribution in [2.45, 2.75) is 32.2 Å². The first-order valence-electron chi connectivity index (χ1n) is 9.81. The van der Waals surface area contributed by atoms with E-state index in [1.807, 2.05) is 6.07 Å². The zero-order chi connectivity index (χ0) is 22.9. The Morgan fingerprint density at radius 1 is 1.12 bits per heavy atom. The highest BCUT2D eigenvalue weighted by Crippen LogP contribution is 2.31. The van der Waals surface area contributed by atoms with Gasteiger partial charge in [-0.1, -0.05) is 29.3 Å². The molecule has 1 aliphatic rings. The number of aromatic nitrogens is 2.